The molecule has 0 aliphatic heterocycles. The lowest BCUT2D eigenvalue weighted by Gasteiger charge is -2.30. The predicted molar refractivity (Wildman–Crippen MR) is 199 cm³/mol. The van der Waals surface area contributed by atoms with Gasteiger partial charge in [0.2, 0.25) is 0 Å². The Morgan fingerprint density at radius 3 is 2.16 bits per heavy atom. The standard InChI is InChI=1S/C40H47N5O5S/c1-28-16-18-33(19-17-28)51(48,49)45-21-20-35-38(45)41-24-37(42-35)44(39(47)50-40(3,4)5)27-36(46)34-23-32(22-29(34)2)43(25-30-12-8-6-9-13-30)26-31-14-10-7-11-15-31/h6-16,18,20-21,24,29,32,34H,17,19,22-23,25-27H2,1-5H3. The van der Waals surface area contributed by atoms with Gasteiger partial charge in [-0.1, -0.05) is 79.2 Å². The van der Waals surface area contributed by atoms with E-state index in [0.717, 1.165) is 29.1 Å². The molecule has 2 aliphatic rings. The molecule has 1 amide bonds. The van der Waals surface area contributed by atoms with Crippen molar-refractivity contribution in [2.45, 2.75) is 85.0 Å². The van der Waals surface area contributed by atoms with E-state index in [0.29, 0.717) is 24.2 Å². The van der Waals surface area contributed by atoms with Crippen LogP contribution in [0.15, 0.2) is 102 Å². The third kappa shape index (κ3) is 8.48. The van der Waals surface area contributed by atoms with Gasteiger partial charge in [-0.15, -0.1) is 0 Å². The monoisotopic (exact) mass is 709 g/mol. The fraction of sp³-hybridized carbons (Fsp3) is 0.400. The van der Waals surface area contributed by atoms with Crippen molar-refractivity contribution >= 4 is 38.9 Å². The van der Waals surface area contributed by atoms with Gasteiger partial charge in [-0.25, -0.2) is 27.2 Å². The quantitative estimate of drug-likeness (QED) is 0.156. The van der Waals surface area contributed by atoms with Gasteiger partial charge in [-0.05, 0) is 82.6 Å². The summed E-state index contributed by atoms with van der Waals surface area (Å²) in [6, 6.07) is 22.5. The lowest BCUT2D eigenvalue weighted by atomic mass is 9.93. The van der Waals surface area contributed by atoms with Crippen LogP contribution < -0.4 is 4.90 Å². The second-order valence-electron chi connectivity index (χ2n) is 14.8. The van der Waals surface area contributed by atoms with Crippen LogP contribution in [-0.4, -0.2) is 57.3 Å². The maximum Gasteiger partial charge on any atom is 0.416 e. The molecule has 4 aromatic rings. The lowest BCUT2D eigenvalue weighted by molar-refractivity contribution is -0.122. The van der Waals surface area contributed by atoms with E-state index >= 15 is 0 Å². The first-order valence-corrected chi connectivity index (χ1v) is 19.0. The number of rotatable bonds is 11. The molecule has 3 unspecified atom stereocenters. The van der Waals surface area contributed by atoms with Crippen molar-refractivity contribution < 1.29 is 22.7 Å². The van der Waals surface area contributed by atoms with Crippen LogP contribution in [0, 0.1) is 11.8 Å². The number of fused-ring (bicyclic) bond motifs is 1. The fourth-order valence-electron chi connectivity index (χ4n) is 7.01. The molecule has 2 heterocycles. The number of ether oxygens (including phenoxy) is 1. The van der Waals surface area contributed by atoms with E-state index in [-0.39, 0.29) is 47.2 Å². The number of benzene rings is 2. The van der Waals surface area contributed by atoms with Crippen LogP contribution in [0.1, 0.15) is 71.4 Å². The number of allylic oxidation sites excluding steroid dienone is 4. The number of aromatic nitrogens is 3. The van der Waals surface area contributed by atoms with Crippen LogP contribution in [0.2, 0.25) is 0 Å². The summed E-state index contributed by atoms with van der Waals surface area (Å²) in [7, 11) is -3.86. The van der Waals surface area contributed by atoms with Crippen LogP contribution in [-0.2, 0) is 32.6 Å². The Labute approximate surface area is 300 Å². The largest absolute Gasteiger partial charge is 0.443 e. The van der Waals surface area contributed by atoms with Gasteiger partial charge in [0, 0.05) is 31.2 Å². The number of carbonyl (C=O) groups excluding carboxylic acids is 2. The van der Waals surface area contributed by atoms with Crippen LogP contribution in [0.3, 0.4) is 0 Å². The summed E-state index contributed by atoms with van der Waals surface area (Å²) < 4.78 is 33.9. The Hall–Kier alpha value is -4.61. The van der Waals surface area contributed by atoms with Crippen molar-refractivity contribution in [2.24, 2.45) is 11.8 Å². The van der Waals surface area contributed by atoms with Crippen molar-refractivity contribution in [3.05, 3.63) is 113 Å². The average molecular weight is 710 g/mol. The van der Waals surface area contributed by atoms with Gasteiger partial charge < -0.3 is 4.74 Å². The van der Waals surface area contributed by atoms with Crippen molar-refractivity contribution in [1.29, 1.82) is 0 Å². The zero-order valence-electron chi connectivity index (χ0n) is 30.0. The molecule has 6 rings (SSSR count). The predicted octanol–water partition coefficient (Wildman–Crippen LogP) is 7.66. The Balaban J connectivity index is 1.25. The van der Waals surface area contributed by atoms with Gasteiger partial charge in [0.05, 0.1) is 17.6 Å². The molecular formula is C40H47N5O5S. The van der Waals surface area contributed by atoms with Crippen molar-refractivity contribution in [2.75, 3.05) is 11.4 Å². The van der Waals surface area contributed by atoms with Crippen LogP contribution in [0.5, 0.6) is 0 Å². The summed E-state index contributed by atoms with van der Waals surface area (Å²) in [6.45, 7) is 10.6. The molecular weight excluding hydrogens is 663 g/mol. The van der Waals surface area contributed by atoms with E-state index in [2.05, 4.69) is 46.1 Å². The molecule has 3 atom stereocenters. The van der Waals surface area contributed by atoms with E-state index in [4.69, 9.17) is 4.74 Å². The number of hydrogen-bond donors (Lipinski definition) is 0. The normalized spacial score (nSPS) is 19.5. The minimum absolute atomic E-state index is 0.0788. The second kappa shape index (κ2) is 14.9. The lowest BCUT2D eigenvalue weighted by Crippen LogP contribution is -2.42. The number of Topliss-reactive ketones (excluding diaryl/α,β-unsaturated/α-hetero) is 1. The first kappa shape index (κ1) is 36.2. The number of nitrogens with zero attached hydrogens (tertiary/aromatic N) is 5. The number of ketones is 1. The summed E-state index contributed by atoms with van der Waals surface area (Å²) in [6.07, 6.45) is 8.08. The van der Waals surface area contributed by atoms with E-state index in [1.807, 2.05) is 49.4 Å². The zero-order valence-corrected chi connectivity index (χ0v) is 30.8. The minimum Gasteiger partial charge on any atom is -0.443 e. The molecule has 2 aromatic heterocycles. The van der Waals surface area contributed by atoms with Crippen LogP contribution >= 0.6 is 0 Å². The van der Waals surface area contributed by atoms with E-state index < -0.39 is 21.7 Å². The fourth-order valence-corrected chi connectivity index (χ4v) is 8.45. The second-order valence-corrected chi connectivity index (χ2v) is 16.7. The molecule has 0 radical (unpaired) electrons. The molecule has 11 heteroatoms. The Kier molecular flexibility index (Phi) is 10.6. The van der Waals surface area contributed by atoms with E-state index in [1.54, 1.807) is 32.9 Å². The molecule has 0 bridgehead atoms. The summed E-state index contributed by atoms with van der Waals surface area (Å²) in [5.74, 6) is -0.145. The zero-order chi connectivity index (χ0) is 36.3. The molecule has 1 saturated carbocycles. The third-order valence-corrected chi connectivity index (χ3v) is 11.5. The minimum atomic E-state index is -3.86. The van der Waals surface area contributed by atoms with Gasteiger partial charge in [-0.3, -0.25) is 14.6 Å². The van der Waals surface area contributed by atoms with Gasteiger partial charge in [0.1, 0.15) is 11.1 Å². The molecule has 51 heavy (non-hydrogen) atoms. The molecule has 2 aromatic carbocycles. The van der Waals surface area contributed by atoms with Gasteiger partial charge >= 0.3 is 6.09 Å². The highest BCUT2D eigenvalue weighted by molar-refractivity contribution is 7.94. The smallest absolute Gasteiger partial charge is 0.416 e. The molecule has 2 aliphatic carbocycles. The SMILES string of the molecule is CC1=CC=C(S(=O)(=O)n2ccc3nc(N(CC(=O)C4CC(N(Cc5ccccc5)Cc5ccccc5)CC4C)C(=O)OC(C)(C)C)cnc32)CC1. The van der Waals surface area contributed by atoms with Gasteiger partial charge in [0.15, 0.2) is 17.2 Å². The molecule has 0 saturated heterocycles. The Bertz CT molecular complexity index is 2010. The molecule has 10 nitrogen and oxygen atoms in total. The van der Waals surface area contributed by atoms with Gasteiger partial charge in [-0.2, -0.15) is 0 Å². The Morgan fingerprint density at radius 1 is 0.922 bits per heavy atom. The highest BCUT2D eigenvalue weighted by Gasteiger charge is 2.40. The first-order chi connectivity index (χ1) is 24.3. The highest BCUT2D eigenvalue weighted by atomic mass is 32.2. The highest BCUT2D eigenvalue weighted by Crippen LogP contribution is 2.37. The van der Waals surface area contributed by atoms with E-state index in [1.165, 1.54) is 28.4 Å². The topological polar surface area (TPSA) is 115 Å². The molecule has 268 valence electrons. The van der Waals surface area contributed by atoms with Crippen molar-refractivity contribution in [1.82, 2.24) is 18.8 Å². The first-order valence-electron chi connectivity index (χ1n) is 17.6. The van der Waals surface area contributed by atoms with Gasteiger partial charge in [0.25, 0.3) is 10.0 Å². The summed E-state index contributed by atoms with van der Waals surface area (Å²) >= 11 is 0. The summed E-state index contributed by atoms with van der Waals surface area (Å²) in [5.41, 5.74) is 3.15. The third-order valence-electron chi connectivity index (χ3n) is 9.70. The average Bonchev–Trinajstić information content (AvgIpc) is 3.71. The van der Waals surface area contributed by atoms with Crippen molar-refractivity contribution in [3.8, 4) is 0 Å². The number of hydrogen-bond acceptors (Lipinski definition) is 8. The molecule has 0 spiro atoms. The molecule has 1 fully saturated rings. The van der Waals surface area contributed by atoms with E-state index in [9.17, 15) is 18.0 Å². The van der Waals surface area contributed by atoms with Crippen LogP contribution in [0.25, 0.3) is 11.2 Å². The summed E-state index contributed by atoms with van der Waals surface area (Å²) in [5, 5.41) is 0. The number of anilines is 1. The maximum absolute atomic E-state index is 14.2. The number of amides is 1. The van der Waals surface area contributed by atoms with Crippen LogP contribution in [0.4, 0.5) is 10.6 Å². The van der Waals surface area contributed by atoms with Crippen molar-refractivity contribution in [3.63, 3.8) is 0 Å². The maximum atomic E-state index is 14.2. The summed E-state index contributed by atoms with van der Waals surface area (Å²) in [4.78, 5) is 40.9. The number of carbonyl (C=O) groups is 2. The molecule has 0 N–H and O–H groups in total. The Morgan fingerprint density at radius 2 is 1.57 bits per heavy atom.